The van der Waals surface area contributed by atoms with E-state index < -0.39 is 21.9 Å². The van der Waals surface area contributed by atoms with Gasteiger partial charge in [0.1, 0.15) is 0 Å². The van der Waals surface area contributed by atoms with Crippen LogP contribution in [-0.4, -0.2) is 14.5 Å². The van der Waals surface area contributed by atoms with Crippen molar-refractivity contribution in [2.45, 2.75) is 6.54 Å². The molecular formula is C7H4IN3O4. The van der Waals surface area contributed by atoms with Crippen molar-refractivity contribution in [3.8, 4) is 9.85 Å². The molecule has 1 rings (SSSR count). The van der Waals surface area contributed by atoms with E-state index in [2.05, 4.69) is 14.8 Å². The standard InChI is InChI=1S/C7H4IN3O4/c8-2-1-3-10-6(12)5(11(14)15)4-9-7(10)13/h4H,3H2,(H,9,13). The normalized spacial score (nSPS) is 9.13. The second-order valence-electron chi connectivity index (χ2n) is 2.40. The SMILES string of the molecule is O=c1[nH]cc([N+](=O)[O-])c(=O)n1CC#CI. The summed E-state index contributed by atoms with van der Waals surface area (Å²) >= 11 is 1.74. The fraction of sp³-hybridized carbons (Fsp3) is 0.143. The van der Waals surface area contributed by atoms with E-state index in [1.807, 2.05) is 0 Å². The molecule has 0 aliphatic rings. The number of H-pyrrole nitrogens is 1. The fourth-order valence-electron chi connectivity index (χ4n) is 0.884. The van der Waals surface area contributed by atoms with Gasteiger partial charge in [-0.15, -0.1) is 0 Å². The largest absolute Gasteiger partial charge is 0.350 e. The molecule has 0 atom stereocenters. The van der Waals surface area contributed by atoms with Crippen LogP contribution in [0.15, 0.2) is 15.8 Å². The summed E-state index contributed by atoms with van der Waals surface area (Å²) < 4.78 is 3.13. The molecule has 1 heterocycles. The van der Waals surface area contributed by atoms with E-state index in [1.54, 1.807) is 22.6 Å². The minimum atomic E-state index is -0.956. The number of nitro groups is 1. The predicted molar refractivity (Wildman–Crippen MR) is 59.8 cm³/mol. The monoisotopic (exact) mass is 321 g/mol. The van der Waals surface area contributed by atoms with Crippen molar-refractivity contribution >= 4 is 28.3 Å². The van der Waals surface area contributed by atoms with E-state index in [4.69, 9.17) is 0 Å². The number of aromatic nitrogens is 2. The van der Waals surface area contributed by atoms with E-state index in [0.29, 0.717) is 4.57 Å². The molecule has 0 aliphatic carbocycles. The first kappa shape index (κ1) is 11.4. The van der Waals surface area contributed by atoms with Crippen LogP contribution in [0, 0.1) is 20.0 Å². The molecule has 1 aromatic heterocycles. The second kappa shape index (κ2) is 4.74. The van der Waals surface area contributed by atoms with Gasteiger partial charge in [0.2, 0.25) is 0 Å². The quantitative estimate of drug-likeness (QED) is 0.354. The number of nitrogens with one attached hydrogen (secondary N) is 1. The highest BCUT2D eigenvalue weighted by molar-refractivity contribution is 14.1. The summed E-state index contributed by atoms with van der Waals surface area (Å²) in [7, 11) is 0. The number of hydrogen-bond donors (Lipinski definition) is 1. The third-order valence-electron chi connectivity index (χ3n) is 1.54. The van der Waals surface area contributed by atoms with Gasteiger partial charge in [0.05, 0.1) is 17.7 Å². The van der Waals surface area contributed by atoms with Crippen molar-refractivity contribution in [3.05, 3.63) is 37.1 Å². The lowest BCUT2D eigenvalue weighted by Crippen LogP contribution is -2.35. The molecule has 1 N–H and O–H groups in total. The topological polar surface area (TPSA) is 98.0 Å². The summed E-state index contributed by atoms with van der Waals surface area (Å²) in [5.41, 5.74) is -2.35. The van der Waals surface area contributed by atoms with Gasteiger partial charge in [0, 0.05) is 22.6 Å². The number of aromatic amines is 1. The Hall–Kier alpha value is -1.63. The molecule has 78 valence electrons. The van der Waals surface area contributed by atoms with Gasteiger partial charge in [-0.3, -0.25) is 14.9 Å². The van der Waals surface area contributed by atoms with Gasteiger partial charge in [-0.25, -0.2) is 9.36 Å². The highest BCUT2D eigenvalue weighted by Crippen LogP contribution is 1.96. The van der Waals surface area contributed by atoms with E-state index in [-0.39, 0.29) is 6.54 Å². The first-order valence-corrected chi connectivity index (χ1v) is 4.71. The molecule has 0 spiro atoms. The Morgan fingerprint density at radius 1 is 1.60 bits per heavy atom. The van der Waals surface area contributed by atoms with E-state index in [9.17, 15) is 19.7 Å². The molecule has 15 heavy (non-hydrogen) atoms. The average Bonchev–Trinajstić information content (AvgIpc) is 2.17. The number of hydrogen-bond acceptors (Lipinski definition) is 4. The van der Waals surface area contributed by atoms with Gasteiger partial charge in [-0.05, 0) is 3.93 Å². The number of rotatable bonds is 2. The Labute approximate surface area is 96.4 Å². The van der Waals surface area contributed by atoms with Crippen molar-refractivity contribution in [1.82, 2.24) is 9.55 Å². The Balaban J connectivity index is 3.41. The predicted octanol–water partition coefficient (Wildman–Crippen LogP) is -0.159. The zero-order chi connectivity index (χ0) is 11.4. The van der Waals surface area contributed by atoms with Crippen LogP contribution in [0.1, 0.15) is 0 Å². The highest BCUT2D eigenvalue weighted by Gasteiger charge is 2.15. The molecule has 0 fully saturated rings. The third-order valence-corrected chi connectivity index (χ3v) is 1.92. The molecule has 0 amide bonds. The van der Waals surface area contributed by atoms with Gasteiger partial charge in [-0.2, -0.15) is 0 Å². The Morgan fingerprint density at radius 2 is 2.27 bits per heavy atom. The van der Waals surface area contributed by atoms with Crippen LogP contribution < -0.4 is 11.2 Å². The maximum Gasteiger partial charge on any atom is 0.350 e. The summed E-state index contributed by atoms with van der Waals surface area (Å²) in [5.74, 6) is 2.47. The maximum absolute atomic E-state index is 11.4. The molecule has 0 unspecified atom stereocenters. The molecule has 1 aromatic rings. The van der Waals surface area contributed by atoms with Gasteiger partial charge < -0.3 is 4.98 Å². The van der Waals surface area contributed by atoms with Gasteiger partial charge in [0.25, 0.3) is 0 Å². The molecular weight excluding hydrogens is 317 g/mol. The first-order valence-electron chi connectivity index (χ1n) is 3.63. The fourth-order valence-corrected chi connectivity index (χ4v) is 1.05. The van der Waals surface area contributed by atoms with Crippen LogP contribution in [-0.2, 0) is 6.54 Å². The number of halogens is 1. The Kier molecular flexibility index (Phi) is 3.62. The first-order chi connectivity index (χ1) is 7.07. The summed E-state index contributed by atoms with van der Waals surface area (Å²) in [5, 5.41) is 10.4. The van der Waals surface area contributed by atoms with Gasteiger partial charge in [0.15, 0.2) is 0 Å². The third kappa shape index (κ3) is 2.44. The Bertz CT molecular complexity index is 562. The zero-order valence-electron chi connectivity index (χ0n) is 7.19. The Morgan fingerprint density at radius 3 is 2.80 bits per heavy atom. The van der Waals surface area contributed by atoms with Crippen LogP contribution in [0.25, 0.3) is 0 Å². The summed E-state index contributed by atoms with van der Waals surface area (Å²) in [6.07, 6.45) is 0.776. The minimum absolute atomic E-state index is 0.168. The smallest absolute Gasteiger partial charge is 0.307 e. The van der Waals surface area contributed by atoms with Crippen LogP contribution in [0.5, 0.6) is 0 Å². The van der Waals surface area contributed by atoms with Crippen molar-refractivity contribution in [1.29, 1.82) is 0 Å². The summed E-state index contributed by atoms with van der Waals surface area (Å²) in [4.78, 5) is 34.1. The van der Waals surface area contributed by atoms with Crippen molar-refractivity contribution in [2.75, 3.05) is 0 Å². The molecule has 0 aliphatic heterocycles. The molecule has 7 nitrogen and oxygen atoms in total. The van der Waals surface area contributed by atoms with Crippen LogP contribution >= 0.6 is 22.6 Å². The van der Waals surface area contributed by atoms with Crippen molar-refractivity contribution in [3.63, 3.8) is 0 Å². The minimum Gasteiger partial charge on any atom is -0.307 e. The van der Waals surface area contributed by atoms with Crippen molar-refractivity contribution < 1.29 is 4.92 Å². The lowest BCUT2D eigenvalue weighted by atomic mass is 10.5. The highest BCUT2D eigenvalue weighted by atomic mass is 127. The average molecular weight is 321 g/mol. The summed E-state index contributed by atoms with van der Waals surface area (Å²) in [6, 6.07) is 0. The lowest BCUT2D eigenvalue weighted by molar-refractivity contribution is -0.386. The molecule has 0 radical (unpaired) electrons. The molecule has 0 aromatic carbocycles. The number of nitrogens with zero attached hydrogens (tertiary/aromatic N) is 2. The molecule has 8 heteroatoms. The molecule has 0 saturated carbocycles. The molecule has 0 bridgehead atoms. The van der Waals surface area contributed by atoms with Gasteiger partial charge >= 0.3 is 16.9 Å². The van der Waals surface area contributed by atoms with Crippen LogP contribution in [0.2, 0.25) is 0 Å². The van der Waals surface area contributed by atoms with Crippen LogP contribution in [0.3, 0.4) is 0 Å². The molecule has 0 saturated heterocycles. The maximum atomic E-state index is 11.4. The zero-order valence-corrected chi connectivity index (χ0v) is 9.35. The van der Waals surface area contributed by atoms with E-state index in [0.717, 1.165) is 6.20 Å². The van der Waals surface area contributed by atoms with E-state index in [1.165, 1.54) is 0 Å². The van der Waals surface area contributed by atoms with Crippen molar-refractivity contribution in [2.24, 2.45) is 0 Å². The lowest BCUT2D eigenvalue weighted by Gasteiger charge is -1.97. The van der Waals surface area contributed by atoms with Crippen LogP contribution in [0.4, 0.5) is 5.69 Å². The van der Waals surface area contributed by atoms with E-state index >= 15 is 0 Å². The van der Waals surface area contributed by atoms with Gasteiger partial charge in [-0.1, -0.05) is 5.92 Å². The summed E-state index contributed by atoms with van der Waals surface area (Å²) in [6.45, 7) is -0.168. The second-order valence-corrected chi connectivity index (χ2v) is 2.94.